The fourth-order valence-electron chi connectivity index (χ4n) is 5.94. The van der Waals surface area contributed by atoms with Crippen molar-refractivity contribution in [2.45, 2.75) is 13.8 Å². The van der Waals surface area contributed by atoms with Gasteiger partial charge in [0.05, 0.1) is 34.2 Å². The third-order valence-electron chi connectivity index (χ3n) is 8.77. The molecule has 14 nitrogen and oxygen atoms in total. The zero-order chi connectivity index (χ0) is 38.6. The van der Waals surface area contributed by atoms with E-state index in [-0.39, 0.29) is 11.8 Å². The van der Waals surface area contributed by atoms with Gasteiger partial charge < -0.3 is 13.7 Å². The highest BCUT2D eigenvalue weighted by Crippen LogP contribution is 2.20. The van der Waals surface area contributed by atoms with Crippen LogP contribution in [0.1, 0.15) is 43.2 Å². The Bertz CT molecular complexity index is 2900. The van der Waals surface area contributed by atoms with Crippen molar-refractivity contribution >= 4 is 63.2 Å². The van der Waals surface area contributed by atoms with Gasteiger partial charge in [-0.15, -0.1) is 0 Å². The van der Waals surface area contributed by atoms with Crippen LogP contribution in [-0.2, 0) is 0 Å². The molecular formula is C41H34N8O6. The second kappa shape index (κ2) is 15.2. The average molecular weight is 735 g/mol. The first kappa shape index (κ1) is 35.8. The summed E-state index contributed by atoms with van der Waals surface area (Å²) in [5.74, 6) is -0.738. The van der Waals surface area contributed by atoms with Crippen LogP contribution in [0.3, 0.4) is 0 Å². The Morgan fingerprint density at radius 2 is 1.18 bits per heavy atom. The number of hydrogen-bond donors (Lipinski definition) is 2. The lowest BCUT2D eigenvalue weighted by atomic mass is 10.1. The Morgan fingerprint density at radius 3 is 1.65 bits per heavy atom. The van der Waals surface area contributed by atoms with E-state index < -0.39 is 11.3 Å². The van der Waals surface area contributed by atoms with Gasteiger partial charge in [0.1, 0.15) is 0 Å². The molecule has 0 aliphatic rings. The van der Waals surface area contributed by atoms with Crippen molar-refractivity contribution in [3.05, 3.63) is 164 Å². The maximum Gasteiger partial charge on any atom is 0.346 e. The number of aryl methyl sites for hydroxylation is 2. The lowest BCUT2D eigenvalue weighted by molar-refractivity contribution is 0.0947. The zero-order valence-electron chi connectivity index (χ0n) is 30.2. The second-order valence-corrected chi connectivity index (χ2v) is 12.7. The number of rotatable bonds is 7. The number of pyridine rings is 1. The van der Waals surface area contributed by atoms with E-state index in [0.29, 0.717) is 44.4 Å². The third-order valence-corrected chi connectivity index (χ3v) is 8.77. The van der Waals surface area contributed by atoms with Crippen molar-refractivity contribution in [1.82, 2.24) is 24.6 Å². The molecule has 2 N–H and O–H groups in total. The number of aromatic nitrogens is 3. The maximum atomic E-state index is 12.5. The molecule has 55 heavy (non-hydrogen) atoms. The number of anilines is 1. The van der Waals surface area contributed by atoms with Crippen LogP contribution in [0.25, 0.3) is 33.2 Å². The molecule has 0 aliphatic carbocycles. The van der Waals surface area contributed by atoms with Gasteiger partial charge in [0.25, 0.3) is 11.8 Å². The van der Waals surface area contributed by atoms with E-state index in [1.807, 2.05) is 79.7 Å². The molecule has 5 aromatic heterocycles. The number of benzene rings is 3. The highest BCUT2D eigenvalue weighted by Gasteiger charge is 2.14. The number of amides is 2. The molecule has 0 spiro atoms. The molecule has 0 unspecified atom stereocenters. The van der Waals surface area contributed by atoms with Gasteiger partial charge in [0.2, 0.25) is 11.4 Å². The second-order valence-electron chi connectivity index (χ2n) is 12.7. The lowest BCUT2D eigenvalue weighted by Gasteiger charge is -2.11. The Kier molecular flexibility index (Phi) is 9.86. The standard InChI is InChI=1S/C22H20N4O3.C19H14N4O3/c1-14-4-11-20-26(14)19-12-16(7-10-18(19)22(28)29-20)21(27)24-23-13-15-5-8-17(9-6-15)25(2)3;1-12-4-7-17-23(12)16-9-14(5-6-15(16)19(25)26-17)18(24)22-21-11-13-3-2-8-20-10-13/h4-13H,1-3H3,(H,24,27);2-11H,1H3,(H,22,24)/b23-13+;21-11+. The number of carbonyl (C=O) groups is 2. The average Bonchev–Trinajstić information content (AvgIpc) is 3.76. The first-order chi connectivity index (χ1) is 26.6. The Balaban J connectivity index is 0.000000170. The number of nitrogens with zero attached hydrogens (tertiary/aromatic N) is 6. The number of carbonyl (C=O) groups excluding carboxylic acids is 2. The summed E-state index contributed by atoms with van der Waals surface area (Å²) in [6.45, 7) is 3.81. The highest BCUT2D eigenvalue weighted by molar-refractivity contribution is 5.99. The lowest BCUT2D eigenvalue weighted by Crippen LogP contribution is -2.18. The summed E-state index contributed by atoms with van der Waals surface area (Å²) in [4.78, 5) is 55.1. The molecule has 8 aromatic rings. The van der Waals surface area contributed by atoms with E-state index in [1.54, 1.807) is 77.6 Å². The first-order valence-corrected chi connectivity index (χ1v) is 17.0. The minimum Gasteiger partial charge on any atom is -0.405 e. The molecule has 8 rings (SSSR count). The van der Waals surface area contributed by atoms with E-state index in [4.69, 9.17) is 8.83 Å². The van der Waals surface area contributed by atoms with Crippen molar-refractivity contribution in [2.24, 2.45) is 10.2 Å². The molecule has 0 fully saturated rings. The third kappa shape index (κ3) is 7.50. The van der Waals surface area contributed by atoms with Crippen LogP contribution < -0.4 is 27.0 Å². The minimum absolute atomic E-state index is 0.362. The van der Waals surface area contributed by atoms with Crippen LogP contribution in [0.15, 0.2) is 138 Å². The fourth-order valence-corrected chi connectivity index (χ4v) is 5.94. The first-order valence-electron chi connectivity index (χ1n) is 17.0. The van der Waals surface area contributed by atoms with Crippen molar-refractivity contribution < 1.29 is 18.4 Å². The van der Waals surface area contributed by atoms with Gasteiger partial charge in [0.15, 0.2) is 0 Å². The van der Waals surface area contributed by atoms with Crippen LogP contribution in [0.4, 0.5) is 5.69 Å². The van der Waals surface area contributed by atoms with Gasteiger partial charge >= 0.3 is 11.3 Å². The summed E-state index contributed by atoms with van der Waals surface area (Å²) in [6, 6.07) is 28.2. The molecule has 3 aromatic carbocycles. The van der Waals surface area contributed by atoms with E-state index in [0.717, 1.165) is 28.2 Å². The molecule has 0 bridgehead atoms. The van der Waals surface area contributed by atoms with Crippen LogP contribution >= 0.6 is 0 Å². The van der Waals surface area contributed by atoms with E-state index in [1.165, 1.54) is 6.21 Å². The summed E-state index contributed by atoms with van der Waals surface area (Å²) in [6.07, 6.45) is 6.39. The van der Waals surface area contributed by atoms with Crippen molar-refractivity contribution in [1.29, 1.82) is 0 Å². The predicted octanol–water partition coefficient (Wildman–Crippen LogP) is 5.70. The Labute approximate surface area is 312 Å². The summed E-state index contributed by atoms with van der Waals surface area (Å²) >= 11 is 0. The van der Waals surface area contributed by atoms with E-state index in [2.05, 4.69) is 26.0 Å². The molecule has 274 valence electrons. The van der Waals surface area contributed by atoms with E-state index >= 15 is 0 Å². The van der Waals surface area contributed by atoms with Gasteiger partial charge in [-0.25, -0.2) is 20.4 Å². The number of hydrogen-bond acceptors (Lipinski definition) is 10. The van der Waals surface area contributed by atoms with Crippen LogP contribution in [0.2, 0.25) is 0 Å². The van der Waals surface area contributed by atoms with Gasteiger partial charge in [-0.3, -0.25) is 23.4 Å². The summed E-state index contributed by atoms with van der Waals surface area (Å²) in [7, 11) is 3.94. The molecular weight excluding hydrogens is 701 g/mol. The normalized spacial score (nSPS) is 11.4. The van der Waals surface area contributed by atoms with Gasteiger partial charge in [-0.05, 0) is 86.1 Å². The smallest absolute Gasteiger partial charge is 0.346 e. The molecule has 0 saturated carbocycles. The van der Waals surface area contributed by atoms with Crippen LogP contribution in [0.5, 0.6) is 0 Å². The molecule has 2 amide bonds. The summed E-state index contributed by atoms with van der Waals surface area (Å²) < 4.78 is 14.2. The molecule has 5 heterocycles. The summed E-state index contributed by atoms with van der Waals surface area (Å²) in [5.41, 5.74) is 11.6. The van der Waals surface area contributed by atoms with Crippen molar-refractivity contribution in [3.63, 3.8) is 0 Å². The van der Waals surface area contributed by atoms with Crippen LogP contribution in [-0.4, -0.2) is 52.1 Å². The summed E-state index contributed by atoms with van der Waals surface area (Å²) in [5, 5.41) is 8.79. The quantitative estimate of drug-likeness (QED) is 0.155. The molecule has 0 saturated heterocycles. The topological polar surface area (TPSA) is 168 Å². The van der Waals surface area contributed by atoms with Gasteiger partial charge in [-0.2, -0.15) is 10.2 Å². The predicted molar refractivity (Wildman–Crippen MR) is 211 cm³/mol. The number of fused-ring (bicyclic) bond motifs is 6. The maximum absolute atomic E-state index is 12.5. The number of nitrogens with one attached hydrogen (secondary N) is 2. The highest BCUT2D eigenvalue weighted by atomic mass is 16.4. The van der Waals surface area contributed by atoms with Gasteiger partial charge in [0, 0.05) is 72.4 Å². The fraction of sp³-hybridized carbons (Fsp3) is 0.0976. The molecule has 0 atom stereocenters. The zero-order valence-corrected chi connectivity index (χ0v) is 30.2. The molecule has 14 heteroatoms. The van der Waals surface area contributed by atoms with Crippen molar-refractivity contribution in [3.8, 4) is 0 Å². The Morgan fingerprint density at radius 1 is 0.673 bits per heavy atom. The molecule has 0 radical (unpaired) electrons. The van der Waals surface area contributed by atoms with Crippen molar-refractivity contribution in [2.75, 3.05) is 19.0 Å². The molecule has 0 aliphatic heterocycles. The van der Waals surface area contributed by atoms with E-state index in [9.17, 15) is 19.2 Å². The minimum atomic E-state index is -0.438. The Hall–Kier alpha value is -7.61. The SMILES string of the molecule is Cc1ccc2oc(=O)c3ccc(C(=O)N/N=C/c4ccc(N(C)C)cc4)cc3n12.Cc1ccc2oc(=O)c3ccc(C(=O)N/N=C/c4cccnc4)cc3n12. The van der Waals surface area contributed by atoms with Gasteiger partial charge in [-0.1, -0.05) is 18.2 Å². The number of hydrazone groups is 2. The largest absolute Gasteiger partial charge is 0.405 e. The monoisotopic (exact) mass is 734 g/mol. The van der Waals surface area contributed by atoms with Crippen LogP contribution in [0, 0.1) is 13.8 Å².